The lowest BCUT2D eigenvalue weighted by Gasteiger charge is -2.35. The fourth-order valence-corrected chi connectivity index (χ4v) is 11.2. The number of hydrogen-bond donors (Lipinski definition) is 0. The lowest BCUT2D eigenvalue weighted by atomic mass is 10.1. The van der Waals surface area contributed by atoms with Crippen molar-refractivity contribution >= 4 is 50.6 Å². The van der Waals surface area contributed by atoms with Crippen LogP contribution in [0.2, 0.25) is 0 Å². The zero-order chi connectivity index (χ0) is 26.9. The van der Waals surface area contributed by atoms with E-state index >= 15 is 0 Å². The molecular formula is C37H26N2Si. The molecule has 0 saturated heterocycles. The molecule has 7 aromatic rings. The van der Waals surface area contributed by atoms with Crippen molar-refractivity contribution in [3.8, 4) is 11.8 Å². The van der Waals surface area contributed by atoms with Crippen LogP contribution in [0.4, 0.5) is 0 Å². The summed E-state index contributed by atoms with van der Waals surface area (Å²) >= 11 is 0. The van der Waals surface area contributed by atoms with Crippen molar-refractivity contribution in [2.75, 3.05) is 0 Å². The van der Waals surface area contributed by atoms with Crippen LogP contribution < -0.4 is 20.7 Å². The Labute approximate surface area is 235 Å². The molecule has 7 rings (SSSR count). The first-order chi connectivity index (χ1) is 19.8. The number of rotatable bonds is 5. The number of nitrogens with zero attached hydrogens (tertiary/aromatic N) is 2. The van der Waals surface area contributed by atoms with E-state index in [1.807, 2.05) is 12.1 Å². The van der Waals surface area contributed by atoms with Gasteiger partial charge in [-0.3, -0.25) is 0 Å². The van der Waals surface area contributed by atoms with Gasteiger partial charge in [0, 0.05) is 16.5 Å². The van der Waals surface area contributed by atoms with Gasteiger partial charge in [-0.2, -0.15) is 5.26 Å². The number of aromatic nitrogens is 1. The highest BCUT2D eigenvalue weighted by Gasteiger charge is 2.43. The first-order valence-electron chi connectivity index (χ1n) is 13.5. The second-order valence-corrected chi connectivity index (χ2v) is 13.8. The molecule has 0 unspecified atom stereocenters. The van der Waals surface area contributed by atoms with Crippen LogP contribution in [-0.4, -0.2) is 12.6 Å². The topological polar surface area (TPSA) is 28.7 Å². The Morgan fingerprint density at radius 2 is 1.00 bits per heavy atom. The Kier molecular flexibility index (Phi) is 5.89. The van der Waals surface area contributed by atoms with Gasteiger partial charge < -0.3 is 4.57 Å². The van der Waals surface area contributed by atoms with E-state index in [-0.39, 0.29) is 0 Å². The third-order valence-corrected chi connectivity index (χ3v) is 12.8. The SMILES string of the molecule is N#Cc1ccc([Si](c2ccccc2)(c2ccccc2)c2cccc3c4ccccc4n(-c4ccccc4)c23)cc1. The molecule has 0 aliphatic heterocycles. The normalized spacial score (nSPS) is 11.5. The van der Waals surface area contributed by atoms with E-state index in [1.165, 1.54) is 42.6 Å². The molecule has 6 aromatic carbocycles. The van der Waals surface area contributed by atoms with Gasteiger partial charge in [0.05, 0.1) is 22.7 Å². The maximum absolute atomic E-state index is 9.62. The fourth-order valence-electron chi connectivity index (χ4n) is 6.30. The molecule has 0 amide bonds. The van der Waals surface area contributed by atoms with E-state index in [1.54, 1.807) is 0 Å². The summed E-state index contributed by atoms with van der Waals surface area (Å²) < 4.78 is 2.44. The predicted octanol–water partition coefficient (Wildman–Crippen LogP) is 6.03. The molecule has 0 N–H and O–H groups in total. The average Bonchev–Trinajstić information content (AvgIpc) is 3.38. The van der Waals surface area contributed by atoms with Crippen molar-refractivity contribution < 1.29 is 0 Å². The van der Waals surface area contributed by atoms with Gasteiger partial charge in [0.25, 0.3) is 0 Å². The number of fused-ring (bicyclic) bond motifs is 3. The molecule has 2 nitrogen and oxygen atoms in total. The van der Waals surface area contributed by atoms with Crippen LogP contribution in [0.5, 0.6) is 0 Å². The van der Waals surface area contributed by atoms with Crippen LogP contribution in [0.1, 0.15) is 5.56 Å². The second-order valence-electron chi connectivity index (χ2n) is 10.1. The van der Waals surface area contributed by atoms with E-state index in [0.29, 0.717) is 5.56 Å². The van der Waals surface area contributed by atoms with E-state index in [2.05, 4.69) is 156 Å². The molecule has 0 spiro atoms. The van der Waals surface area contributed by atoms with Gasteiger partial charge in [0.2, 0.25) is 0 Å². The zero-order valence-corrected chi connectivity index (χ0v) is 22.9. The Balaban J connectivity index is 1.72. The first-order valence-corrected chi connectivity index (χ1v) is 15.5. The fraction of sp³-hybridized carbons (Fsp3) is 0. The van der Waals surface area contributed by atoms with Gasteiger partial charge in [-0.15, -0.1) is 0 Å². The van der Waals surface area contributed by atoms with Gasteiger partial charge in [0.1, 0.15) is 0 Å². The molecule has 188 valence electrons. The van der Waals surface area contributed by atoms with Gasteiger partial charge in [-0.05, 0) is 51.1 Å². The molecule has 0 radical (unpaired) electrons. The summed E-state index contributed by atoms with van der Waals surface area (Å²) in [5.74, 6) is 0. The van der Waals surface area contributed by atoms with Crippen molar-refractivity contribution in [2.24, 2.45) is 0 Å². The maximum Gasteiger partial charge on any atom is 0.181 e. The van der Waals surface area contributed by atoms with E-state index in [0.717, 1.165) is 5.69 Å². The highest BCUT2D eigenvalue weighted by atomic mass is 28.3. The quantitative estimate of drug-likeness (QED) is 0.199. The van der Waals surface area contributed by atoms with Crippen LogP contribution in [0.3, 0.4) is 0 Å². The third kappa shape index (κ3) is 3.62. The van der Waals surface area contributed by atoms with Gasteiger partial charge in [0.15, 0.2) is 8.07 Å². The second kappa shape index (κ2) is 9.85. The minimum Gasteiger partial charge on any atom is -0.309 e. The smallest absolute Gasteiger partial charge is 0.181 e. The van der Waals surface area contributed by atoms with E-state index in [4.69, 9.17) is 0 Å². The van der Waals surface area contributed by atoms with E-state index < -0.39 is 8.07 Å². The zero-order valence-electron chi connectivity index (χ0n) is 21.9. The van der Waals surface area contributed by atoms with Crippen LogP contribution in [0, 0.1) is 11.3 Å². The molecule has 0 saturated carbocycles. The summed E-state index contributed by atoms with van der Waals surface area (Å²) in [6.07, 6.45) is 0. The molecular weight excluding hydrogens is 501 g/mol. The van der Waals surface area contributed by atoms with Crippen molar-refractivity contribution in [2.45, 2.75) is 0 Å². The van der Waals surface area contributed by atoms with Crippen molar-refractivity contribution in [3.05, 3.63) is 163 Å². The lowest BCUT2D eigenvalue weighted by Crippen LogP contribution is -2.75. The number of nitriles is 1. The summed E-state index contributed by atoms with van der Waals surface area (Å²) in [6, 6.07) is 58.7. The molecule has 0 bridgehead atoms. The first kappa shape index (κ1) is 23.9. The van der Waals surface area contributed by atoms with Crippen LogP contribution in [0.25, 0.3) is 27.5 Å². The Hall–Kier alpha value is -5.17. The highest BCUT2D eigenvalue weighted by Crippen LogP contribution is 2.32. The Morgan fingerprint density at radius 3 is 1.62 bits per heavy atom. The molecule has 0 atom stereocenters. The molecule has 40 heavy (non-hydrogen) atoms. The van der Waals surface area contributed by atoms with E-state index in [9.17, 15) is 5.26 Å². The lowest BCUT2D eigenvalue weighted by molar-refractivity contribution is 1.18. The molecule has 1 aromatic heterocycles. The molecule has 0 aliphatic carbocycles. The largest absolute Gasteiger partial charge is 0.309 e. The van der Waals surface area contributed by atoms with Crippen molar-refractivity contribution in [1.29, 1.82) is 5.26 Å². The summed E-state index contributed by atoms with van der Waals surface area (Å²) in [7, 11) is -2.86. The minimum absolute atomic E-state index is 0.671. The summed E-state index contributed by atoms with van der Waals surface area (Å²) in [4.78, 5) is 0. The standard InChI is InChI=1S/C37H26N2Si/c38-27-28-23-25-32(26-24-28)40(30-15-6-2-7-16-30,31-17-8-3-9-18-31)36-22-12-20-34-33-19-10-11-21-35(33)39(37(34)36)29-13-4-1-5-14-29/h1-26H. The number of para-hydroxylation sites is 3. The van der Waals surface area contributed by atoms with Gasteiger partial charge >= 0.3 is 0 Å². The molecule has 0 fully saturated rings. The third-order valence-electron chi connectivity index (χ3n) is 7.97. The predicted molar refractivity (Wildman–Crippen MR) is 169 cm³/mol. The number of benzene rings is 6. The molecule has 0 aliphatic rings. The minimum atomic E-state index is -2.86. The maximum atomic E-state index is 9.62. The van der Waals surface area contributed by atoms with Crippen molar-refractivity contribution in [1.82, 2.24) is 4.57 Å². The number of hydrogen-bond acceptors (Lipinski definition) is 1. The summed E-state index contributed by atoms with van der Waals surface area (Å²) in [5, 5.41) is 17.3. The van der Waals surface area contributed by atoms with Crippen LogP contribution in [-0.2, 0) is 0 Å². The van der Waals surface area contributed by atoms with Crippen LogP contribution >= 0.6 is 0 Å². The monoisotopic (exact) mass is 526 g/mol. The van der Waals surface area contributed by atoms with Crippen LogP contribution in [0.15, 0.2) is 158 Å². The highest BCUT2D eigenvalue weighted by molar-refractivity contribution is 7.20. The van der Waals surface area contributed by atoms with Gasteiger partial charge in [-0.25, -0.2) is 0 Å². The van der Waals surface area contributed by atoms with Gasteiger partial charge in [-0.1, -0.05) is 127 Å². The Morgan fingerprint density at radius 1 is 0.475 bits per heavy atom. The van der Waals surface area contributed by atoms with Crippen molar-refractivity contribution in [3.63, 3.8) is 0 Å². The Bertz CT molecular complexity index is 1950. The average molecular weight is 527 g/mol. The molecule has 3 heteroatoms. The summed E-state index contributed by atoms with van der Waals surface area (Å²) in [6.45, 7) is 0. The molecule has 1 heterocycles. The summed E-state index contributed by atoms with van der Waals surface area (Å²) in [5.41, 5.74) is 4.24.